The van der Waals surface area contributed by atoms with Gasteiger partial charge in [0.2, 0.25) is 4.96 Å². The Labute approximate surface area is 133 Å². The van der Waals surface area contributed by atoms with E-state index in [4.69, 9.17) is 0 Å². The van der Waals surface area contributed by atoms with Gasteiger partial charge in [-0.3, -0.25) is 4.79 Å². The van der Waals surface area contributed by atoms with Gasteiger partial charge in [-0.2, -0.15) is 9.61 Å². The summed E-state index contributed by atoms with van der Waals surface area (Å²) >= 11 is 1.58. The quantitative estimate of drug-likeness (QED) is 0.652. The van der Waals surface area contributed by atoms with E-state index in [0.29, 0.717) is 17.3 Å². The normalized spacial score (nSPS) is 11.5. The Morgan fingerprint density at radius 1 is 1.23 bits per heavy atom. The third-order valence-corrected chi connectivity index (χ3v) is 5.10. The van der Waals surface area contributed by atoms with Crippen molar-refractivity contribution in [3.05, 3.63) is 40.5 Å². The van der Waals surface area contributed by atoms with Crippen LogP contribution in [0.2, 0.25) is 0 Å². The molecule has 0 aliphatic rings. The lowest BCUT2D eigenvalue weighted by Gasteiger charge is -2.06. The highest BCUT2D eigenvalue weighted by Crippen LogP contribution is 2.31. The molecule has 2 aromatic heterocycles. The molecule has 0 atom stereocenters. The highest BCUT2D eigenvalue weighted by Gasteiger charge is 2.20. The number of hydrogen-bond donors (Lipinski definition) is 0. The molecule has 1 aromatic carbocycles. The second kappa shape index (κ2) is 6.01. The van der Waals surface area contributed by atoms with Gasteiger partial charge < -0.3 is 0 Å². The second-order valence-electron chi connectivity index (χ2n) is 5.48. The van der Waals surface area contributed by atoms with Crippen LogP contribution in [0.1, 0.15) is 53.7 Å². The number of carbonyl (C=O) groups is 1. The average molecular weight is 313 g/mol. The number of benzene rings is 1. The van der Waals surface area contributed by atoms with E-state index < -0.39 is 0 Å². The molecule has 0 aliphatic carbocycles. The zero-order valence-corrected chi connectivity index (χ0v) is 13.9. The van der Waals surface area contributed by atoms with Crippen LogP contribution in [-0.4, -0.2) is 20.9 Å². The standard InChI is InChI=1S/C17H19N3OS/c1-4-12(5-2)16-19-20-14(10-21)15(18-17(20)22-16)13-8-6-11(3)7-9-13/h6-10,12H,4-5H2,1-3H3. The van der Waals surface area contributed by atoms with Crippen LogP contribution in [0.25, 0.3) is 16.2 Å². The van der Waals surface area contributed by atoms with Gasteiger partial charge in [-0.1, -0.05) is 55.0 Å². The number of carbonyl (C=O) groups excluding carboxylic acids is 1. The largest absolute Gasteiger partial charge is 0.296 e. The highest BCUT2D eigenvalue weighted by atomic mass is 32.1. The summed E-state index contributed by atoms with van der Waals surface area (Å²) < 4.78 is 1.69. The summed E-state index contributed by atoms with van der Waals surface area (Å²) in [6.07, 6.45) is 2.95. The van der Waals surface area contributed by atoms with E-state index in [9.17, 15) is 4.79 Å². The maximum absolute atomic E-state index is 11.6. The van der Waals surface area contributed by atoms with Crippen molar-refractivity contribution in [3.8, 4) is 11.3 Å². The molecule has 22 heavy (non-hydrogen) atoms. The number of imidazole rings is 1. The van der Waals surface area contributed by atoms with E-state index in [2.05, 4.69) is 23.9 Å². The molecule has 5 heteroatoms. The van der Waals surface area contributed by atoms with Gasteiger partial charge in [0.25, 0.3) is 0 Å². The Hall–Kier alpha value is -2.01. The number of aryl methyl sites for hydroxylation is 1. The van der Waals surface area contributed by atoms with Gasteiger partial charge in [-0.25, -0.2) is 4.98 Å². The summed E-state index contributed by atoms with van der Waals surface area (Å²) in [5, 5.41) is 5.69. The number of nitrogens with zero attached hydrogens (tertiary/aromatic N) is 3. The summed E-state index contributed by atoms with van der Waals surface area (Å²) in [6, 6.07) is 8.05. The van der Waals surface area contributed by atoms with Crippen LogP contribution < -0.4 is 0 Å². The van der Waals surface area contributed by atoms with Crippen molar-refractivity contribution in [1.82, 2.24) is 14.6 Å². The van der Waals surface area contributed by atoms with Crippen LogP contribution in [0.5, 0.6) is 0 Å². The topological polar surface area (TPSA) is 47.3 Å². The molecule has 0 N–H and O–H groups in total. The molecule has 3 rings (SSSR count). The number of aromatic nitrogens is 3. The van der Waals surface area contributed by atoms with Gasteiger partial charge in [0.1, 0.15) is 16.4 Å². The van der Waals surface area contributed by atoms with Crippen molar-refractivity contribution < 1.29 is 4.79 Å². The van der Waals surface area contributed by atoms with Gasteiger partial charge in [-0.15, -0.1) is 0 Å². The van der Waals surface area contributed by atoms with Gasteiger partial charge in [0.05, 0.1) is 0 Å². The minimum atomic E-state index is 0.439. The third kappa shape index (κ3) is 2.46. The minimum absolute atomic E-state index is 0.439. The molecule has 0 unspecified atom stereocenters. The maximum Gasteiger partial charge on any atom is 0.213 e. The molecule has 0 saturated carbocycles. The van der Waals surface area contributed by atoms with Gasteiger partial charge in [0, 0.05) is 11.5 Å². The lowest BCUT2D eigenvalue weighted by Crippen LogP contribution is -1.99. The summed E-state index contributed by atoms with van der Waals surface area (Å²) in [4.78, 5) is 17.0. The molecule has 3 aromatic rings. The van der Waals surface area contributed by atoms with Gasteiger partial charge in [0.15, 0.2) is 6.29 Å². The van der Waals surface area contributed by atoms with E-state index in [1.165, 1.54) is 5.56 Å². The molecule has 0 aliphatic heterocycles. The molecule has 0 saturated heterocycles. The smallest absolute Gasteiger partial charge is 0.213 e. The molecule has 0 bridgehead atoms. The molecule has 0 amide bonds. The zero-order valence-electron chi connectivity index (χ0n) is 13.0. The second-order valence-corrected chi connectivity index (χ2v) is 6.47. The van der Waals surface area contributed by atoms with Crippen LogP contribution in [0.3, 0.4) is 0 Å². The maximum atomic E-state index is 11.6. The predicted molar refractivity (Wildman–Crippen MR) is 89.7 cm³/mol. The van der Waals surface area contributed by atoms with E-state index in [-0.39, 0.29) is 0 Å². The first kappa shape index (κ1) is 14.9. The summed E-state index contributed by atoms with van der Waals surface area (Å²) in [5.74, 6) is 0.439. The Morgan fingerprint density at radius 2 is 1.91 bits per heavy atom. The van der Waals surface area contributed by atoms with Crippen molar-refractivity contribution in [2.75, 3.05) is 0 Å². The van der Waals surface area contributed by atoms with Crippen molar-refractivity contribution in [1.29, 1.82) is 0 Å². The number of rotatable bonds is 5. The fraction of sp³-hybridized carbons (Fsp3) is 0.353. The minimum Gasteiger partial charge on any atom is -0.296 e. The number of aldehydes is 1. The average Bonchev–Trinajstić information content (AvgIpc) is 3.06. The molecule has 0 fully saturated rings. The summed E-state index contributed by atoms with van der Waals surface area (Å²) in [5.41, 5.74) is 3.39. The summed E-state index contributed by atoms with van der Waals surface area (Å²) in [7, 11) is 0. The fourth-order valence-electron chi connectivity index (χ4n) is 2.61. The van der Waals surface area contributed by atoms with E-state index in [1.54, 1.807) is 15.9 Å². The van der Waals surface area contributed by atoms with Crippen LogP contribution in [-0.2, 0) is 0 Å². The van der Waals surface area contributed by atoms with Crippen molar-refractivity contribution >= 4 is 22.6 Å². The highest BCUT2D eigenvalue weighted by molar-refractivity contribution is 7.16. The van der Waals surface area contributed by atoms with Crippen LogP contribution in [0.4, 0.5) is 0 Å². The summed E-state index contributed by atoms with van der Waals surface area (Å²) in [6.45, 7) is 6.37. The Balaban J connectivity index is 2.11. The molecular formula is C17H19N3OS. The SMILES string of the molecule is CCC(CC)c1nn2c(C=O)c(-c3ccc(C)cc3)nc2s1. The van der Waals surface area contributed by atoms with Crippen LogP contribution in [0, 0.1) is 6.92 Å². The first-order chi connectivity index (χ1) is 10.7. The zero-order chi connectivity index (χ0) is 15.7. The lowest BCUT2D eigenvalue weighted by molar-refractivity contribution is 0.111. The number of hydrogen-bond acceptors (Lipinski definition) is 4. The van der Waals surface area contributed by atoms with Crippen molar-refractivity contribution in [2.24, 2.45) is 0 Å². The van der Waals surface area contributed by atoms with E-state index >= 15 is 0 Å². The van der Waals surface area contributed by atoms with Crippen LogP contribution >= 0.6 is 11.3 Å². The molecule has 114 valence electrons. The van der Waals surface area contributed by atoms with Crippen molar-refractivity contribution in [2.45, 2.75) is 39.5 Å². The van der Waals surface area contributed by atoms with Crippen molar-refractivity contribution in [3.63, 3.8) is 0 Å². The molecule has 0 radical (unpaired) electrons. The van der Waals surface area contributed by atoms with Gasteiger partial charge in [-0.05, 0) is 19.8 Å². The Bertz CT molecular complexity index is 797. The number of fused-ring (bicyclic) bond motifs is 1. The molecule has 0 spiro atoms. The first-order valence-corrected chi connectivity index (χ1v) is 8.41. The molecule has 4 nitrogen and oxygen atoms in total. The Kier molecular flexibility index (Phi) is 4.07. The van der Waals surface area contributed by atoms with Crippen LogP contribution in [0.15, 0.2) is 24.3 Å². The van der Waals surface area contributed by atoms with E-state index in [1.807, 2.05) is 31.2 Å². The monoisotopic (exact) mass is 313 g/mol. The first-order valence-electron chi connectivity index (χ1n) is 7.59. The fourth-order valence-corrected chi connectivity index (χ4v) is 3.78. The third-order valence-electron chi connectivity index (χ3n) is 4.03. The Morgan fingerprint density at radius 3 is 2.50 bits per heavy atom. The molecular weight excluding hydrogens is 294 g/mol. The van der Waals surface area contributed by atoms with Gasteiger partial charge >= 0.3 is 0 Å². The predicted octanol–water partition coefficient (Wildman–Crippen LogP) is 4.48. The van der Waals surface area contributed by atoms with E-state index in [0.717, 1.165) is 34.7 Å². The lowest BCUT2D eigenvalue weighted by atomic mass is 10.1. The molecule has 2 heterocycles.